The summed E-state index contributed by atoms with van der Waals surface area (Å²) in [6.07, 6.45) is 9.51. The zero-order chi connectivity index (χ0) is 14.2. The Balaban J connectivity index is 1.50. The Kier molecular flexibility index (Phi) is 6.97. The van der Waals surface area contributed by atoms with Gasteiger partial charge in [-0.1, -0.05) is 19.3 Å². The summed E-state index contributed by atoms with van der Waals surface area (Å²) >= 11 is 1.78. The first-order valence-corrected chi connectivity index (χ1v) is 8.95. The molecule has 0 amide bonds. The van der Waals surface area contributed by atoms with Crippen LogP contribution >= 0.6 is 11.3 Å². The van der Waals surface area contributed by atoms with Gasteiger partial charge in [0, 0.05) is 17.5 Å². The Bertz CT molecular complexity index is 372. The number of rotatable bonds is 8. The van der Waals surface area contributed by atoms with Crippen molar-refractivity contribution in [1.29, 1.82) is 0 Å². The molecular formula is C16H29N3S. The minimum absolute atomic E-state index is 0.851. The van der Waals surface area contributed by atoms with E-state index in [1.54, 1.807) is 11.3 Å². The van der Waals surface area contributed by atoms with Crippen LogP contribution in [0.3, 0.4) is 0 Å². The van der Waals surface area contributed by atoms with Gasteiger partial charge < -0.3 is 10.2 Å². The summed E-state index contributed by atoms with van der Waals surface area (Å²) in [5.74, 6) is 0. The average Bonchev–Trinajstić information content (AvgIpc) is 2.89. The summed E-state index contributed by atoms with van der Waals surface area (Å²) in [6, 6.07) is 0.851. The standard InChI is InChI=1S/C16H29N3S/c1-14-16(20-13-18-14)9-11-17-10-6-12-19(2)15-7-4-3-5-8-15/h13,15,17H,3-12H2,1-2H3. The van der Waals surface area contributed by atoms with Crippen LogP contribution in [0.15, 0.2) is 5.51 Å². The molecule has 1 aliphatic rings. The van der Waals surface area contributed by atoms with Crippen molar-refractivity contribution in [3.8, 4) is 0 Å². The fourth-order valence-electron chi connectivity index (χ4n) is 3.05. The molecule has 1 saturated carbocycles. The van der Waals surface area contributed by atoms with Crippen molar-refractivity contribution in [2.45, 2.75) is 57.9 Å². The van der Waals surface area contributed by atoms with Crippen LogP contribution in [0.2, 0.25) is 0 Å². The van der Waals surface area contributed by atoms with Crippen molar-refractivity contribution in [1.82, 2.24) is 15.2 Å². The van der Waals surface area contributed by atoms with Gasteiger partial charge in [0.1, 0.15) is 0 Å². The van der Waals surface area contributed by atoms with E-state index >= 15 is 0 Å². The van der Waals surface area contributed by atoms with E-state index in [9.17, 15) is 0 Å². The minimum Gasteiger partial charge on any atom is -0.316 e. The van der Waals surface area contributed by atoms with Crippen LogP contribution in [-0.2, 0) is 6.42 Å². The Hall–Kier alpha value is -0.450. The number of nitrogens with one attached hydrogen (secondary N) is 1. The second-order valence-corrected chi connectivity index (χ2v) is 6.93. The molecule has 0 atom stereocenters. The van der Waals surface area contributed by atoms with Crippen molar-refractivity contribution in [2.75, 3.05) is 26.7 Å². The summed E-state index contributed by atoms with van der Waals surface area (Å²) in [5, 5.41) is 3.56. The van der Waals surface area contributed by atoms with Gasteiger partial charge in [-0.2, -0.15) is 0 Å². The lowest BCUT2D eigenvalue weighted by Gasteiger charge is -2.31. The monoisotopic (exact) mass is 295 g/mol. The molecule has 0 saturated heterocycles. The fourth-order valence-corrected chi connectivity index (χ4v) is 3.83. The van der Waals surface area contributed by atoms with Gasteiger partial charge in [0.15, 0.2) is 0 Å². The van der Waals surface area contributed by atoms with Gasteiger partial charge in [-0.05, 0) is 52.7 Å². The first kappa shape index (κ1) is 15.9. The van der Waals surface area contributed by atoms with Crippen molar-refractivity contribution >= 4 is 11.3 Å². The normalized spacial score (nSPS) is 16.9. The number of aromatic nitrogens is 1. The van der Waals surface area contributed by atoms with Crippen LogP contribution < -0.4 is 5.32 Å². The lowest BCUT2D eigenvalue weighted by Crippen LogP contribution is -2.35. The number of aryl methyl sites for hydroxylation is 1. The predicted octanol–water partition coefficient (Wildman–Crippen LogP) is 3.24. The van der Waals surface area contributed by atoms with Crippen LogP contribution in [0.5, 0.6) is 0 Å². The van der Waals surface area contributed by atoms with E-state index in [4.69, 9.17) is 0 Å². The minimum atomic E-state index is 0.851. The molecule has 2 rings (SSSR count). The molecule has 0 unspecified atom stereocenters. The molecule has 1 aromatic rings. The van der Waals surface area contributed by atoms with Gasteiger partial charge >= 0.3 is 0 Å². The lowest BCUT2D eigenvalue weighted by atomic mass is 9.94. The van der Waals surface area contributed by atoms with Crippen LogP contribution in [-0.4, -0.2) is 42.6 Å². The molecule has 4 heteroatoms. The van der Waals surface area contributed by atoms with Crippen molar-refractivity contribution in [3.63, 3.8) is 0 Å². The Labute approximate surface area is 127 Å². The van der Waals surface area contributed by atoms with Crippen LogP contribution in [0.25, 0.3) is 0 Å². The van der Waals surface area contributed by atoms with Crippen molar-refractivity contribution in [3.05, 3.63) is 16.1 Å². The SMILES string of the molecule is Cc1ncsc1CCNCCCN(C)C1CCCCC1. The van der Waals surface area contributed by atoms with E-state index in [-0.39, 0.29) is 0 Å². The Morgan fingerprint density at radius 2 is 2.10 bits per heavy atom. The smallest absolute Gasteiger partial charge is 0.0797 e. The third-order valence-corrected chi connectivity index (χ3v) is 5.43. The van der Waals surface area contributed by atoms with Gasteiger partial charge in [0.25, 0.3) is 0 Å². The number of hydrogen-bond donors (Lipinski definition) is 1. The largest absolute Gasteiger partial charge is 0.316 e. The maximum atomic E-state index is 4.29. The quantitative estimate of drug-likeness (QED) is 0.746. The molecule has 0 aromatic carbocycles. The van der Waals surface area contributed by atoms with E-state index in [1.807, 2.05) is 5.51 Å². The number of thiazole rings is 1. The molecule has 0 radical (unpaired) electrons. The summed E-state index contributed by atoms with van der Waals surface area (Å²) in [7, 11) is 2.30. The predicted molar refractivity (Wildman–Crippen MR) is 87.5 cm³/mol. The van der Waals surface area contributed by atoms with Gasteiger partial charge in [0.05, 0.1) is 11.2 Å². The van der Waals surface area contributed by atoms with Crippen LogP contribution in [0, 0.1) is 6.92 Å². The summed E-state index contributed by atoms with van der Waals surface area (Å²) in [4.78, 5) is 8.30. The zero-order valence-electron chi connectivity index (χ0n) is 13.0. The summed E-state index contributed by atoms with van der Waals surface area (Å²) < 4.78 is 0. The molecule has 20 heavy (non-hydrogen) atoms. The molecule has 0 spiro atoms. The molecular weight excluding hydrogens is 266 g/mol. The van der Waals surface area contributed by atoms with Gasteiger partial charge in [0.2, 0.25) is 0 Å². The lowest BCUT2D eigenvalue weighted by molar-refractivity contribution is 0.189. The fraction of sp³-hybridized carbons (Fsp3) is 0.812. The first-order chi connectivity index (χ1) is 9.77. The van der Waals surface area contributed by atoms with Crippen molar-refractivity contribution < 1.29 is 0 Å². The van der Waals surface area contributed by atoms with E-state index in [0.717, 1.165) is 25.6 Å². The highest BCUT2D eigenvalue weighted by molar-refractivity contribution is 7.09. The van der Waals surface area contributed by atoms with E-state index < -0.39 is 0 Å². The maximum Gasteiger partial charge on any atom is 0.0797 e. The average molecular weight is 295 g/mol. The molecule has 0 aliphatic heterocycles. The highest BCUT2D eigenvalue weighted by Crippen LogP contribution is 2.21. The molecule has 114 valence electrons. The molecule has 3 nitrogen and oxygen atoms in total. The maximum absolute atomic E-state index is 4.29. The molecule has 1 N–H and O–H groups in total. The van der Waals surface area contributed by atoms with Gasteiger partial charge in [-0.3, -0.25) is 0 Å². The molecule has 1 aromatic heterocycles. The van der Waals surface area contributed by atoms with Crippen molar-refractivity contribution in [2.24, 2.45) is 0 Å². The molecule has 0 bridgehead atoms. The second kappa shape index (κ2) is 8.75. The van der Waals surface area contributed by atoms with E-state index in [2.05, 4.69) is 29.2 Å². The molecule has 1 aliphatic carbocycles. The topological polar surface area (TPSA) is 28.2 Å². The number of hydrogen-bond acceptors (Lipinski definition) is 4. The third-order valence-electron chi connectivity index (χ3n) is 4.44. The highest BCUT2D eigenvalue weighted by atomic mass is 32.1. The summed E-state index contributed by atoms with van der Waals surface area (Å²) in [5.41, 5.74) is 3.15. The van der Waals surface area contributed by atoms with E-state index in [0.29, 0.717) is 0 Å². The second-order valence-electron chi connectivity index (χ2n) is 5.99. The zero-order valence-corrected chi connectivity index (χ0v) is 13.8. The Morgan fingerprint density at radius 3 is 2.80 bits per heavy atom. The summed E-state index contributed by atoms with van der Waals surface area (Å²) in [6.45, 7) is 5.55. The number of nitrogens with zero attached hydrogens (tertiary/aromatic N) is 2. The Morgan fingerprint density at radius 1 is 1.30 bits per heavy atom. The van der Waals surface area contributed by atoms with Crippen LogP contribution in [0.1, 0.15) is 49.1 Å². The molecule has 1 fully saturated rings. The first-order valence-electron chi connectivity index (χ1n) is 8.07. The van der Waals surface area contributed by atoms with Crippen LogP contribution in [0.4, 0.5) is 0 Å². The third kappa shape index (κ3) is 5.15. The van der Waals surface area contributed by atoms with Gasteiger partial charge in [-0.25, -0.2) is 4.98 Å². The highest BCUT2D eigenvalue weighted by Gasteiger charge is 2.16. The molecule has 1 heterocycles. The van der Waals surface area contributed by atoms with Gasteiger partial charge in [-0.15, -0.1) is 11.3 Å². The van der Waals surface area contributed by atoms with E-state index in [1.165, 1.54) is 55.6 Å².